The molecule has 3 aromatic carbocycles. The van der Waals surface area contributed by atoms with Gasteiger partial charge in [0.2, 0.25) is 5.91 Å². The number of benzene rings is 3. The number of hydrogen-bond donors (Lipinski definition) is 2. The van der Waals surface area contributed by atoms with Gasteiger partial charge < -0.3 is 10.4 Å². The number of allylic oxidation sites excluding steroid dienone is 1. The molecule has 1 saturated heterocycles. The van der Waals surface area contributed by atoms with Crippen molar-refractivity contribution in [2.75, 3.05) is 11.9 Å². The molecule has 0 spiro atoms. The quantitative estimate of drug-likeness (QED) is 0.303. The molecule has 1 heterocycles. The third kappa shape index (κ3) is 5.90. The summed E-state index contributed by atoms with van der Waals surface area (Å²) in [4.78, 5) is 31.8. The van der Waals surface area contributed by atoms with Crippen LogP contribution in [0.15, 0.2) is 95.6 Å². The van der Waals surface area contributed by atoms with Crippen molar-refractivity contribution in [2.24, 2.45) is 4.99 Å². The third-order valence-corrected chi connectivity index (χ3v) is 6.58. The van der Waals surface area contributed by atoms with Crippen LogP contribution in [0.5, 0.6) is 0 Å². The van der Waals surface area contributed by atoms with Crippen LogP contribution in [0.3, 0.4) is 0 Å². The molecule has 36 heavy (non-hydrogen) atoms. The number of anilines is 1. The van der Waals surface area contributed by atoms with Crippen molar-refractivity contribution in [1.82, 2.24) is 4.90 Å². The molecule has 4 rings (SSSR count). The summed E-state index contributed by atoms with van der Waals surface area (Å²) < 4.78 is 0. The molecule has 184 valence electrons. The maximum absolute atomic E-state index is 13.5. The van der Waals surface area contributed by atoms with Crippen LogP contribution in [0.4, 0.5) is 5.69 Å². The molecule has 0 unspecified atom stereocenters. The summed E-state index contributed by atoms with van der Waals surface area (Å²) in [6, 6.07) is 24.1. The molecule has 1 atom stereocenters. The number of nitrogens with zero attached hydrogens (tertiary/aromatic N) is 2. The lowest BCUT2D eigenvalue weighted by Gasteiger charge is -2.25. The van der Waals surface area contributed by atoms with Crippen molar-refractivity contribution in [2.45, 2.75) is 32.4 Å². The number of rotatable bonds is 8. The Morgan fingerprint density at radius 3 is 2.47 bits per heavy atom. The first-order valence-corrected chi connectivity index (χ1v) is 12.3. The summed E-state index contributed by atoms with van der Waals surface area (Å²) in [7, 11) is 0. The Morgan fingerprint density at radius 1 is 1.06 bits per heavy atom. The van der Waals surface area contributed by atoms with Crippen molar-refractivity contribution in [3.05, 3.63) is 112 Å². The molecule has 1 aliphatic rings. The summed E-state index contributed by atoms with van der Waals surface area (Å²) in [6.07, 6.45) is 3.13. The Bertz CT molecular complexity index is 1300. The zero-order valence-electron chi connectivity index (χ0n) is 20.0. The van der Waals surface area contributed by atoms with Crippen LogP contribution in [0.2, 0.25) is 5.02 Å². The molecule has 1 fully saturated rings. The van der Waals surface area contributed by atoms with Crippen LogP contribution in [-0.4, -0.2) is 40.2 Å². The predicted octanol–water partition coefficient (Wildman–Crippen LogP) is 5.77. The molecule has 6 nitrogen and oxygen atoms in total. The fourth-order valence-corrected chi connectivity index (χ4v) is 4.60. The number of amides is 1. The number of carbonyl (C=O) groups is 2. The van der Waals surface area contributed by atoms with E-state index < -0.39 is 5.97 Å². The number of carboxylic acids is 1. The van der Waals surface area contributed by atoms with Crippen molar-refractivity contribution in [3.8, 4) is 0 Å². The topological polar surface area (TPSA) is 82.0 Å². The van der Waals surface area contributed by atoms with E-state index in [4.69, 9.17) is 11.6 Å². The molecule has 0 bridgehead atoms. The third-order valence-electron chi connectivity index (χ3n) is 6.21. The zero-order valence-corrected chi connectivity index (χ0v) is 20.8. The van der Waals surface area contributed by atoms with Crippen molar-refractivity contribution in [1.29, 1.82) is 0 Å². The Labute approximate surface area is 215 Å². The fraction of sp³-hybridized carbons (Fsp3) is 0.207. The summed E-state index contributed by atoms with van der Waals surface area (Å²) in [5.74, 6) is -1.22. The van der Waals surface area contributed by atoms with E-state index in [0.29, 0.717) is 28.5 Å². The van der Waals surface area contributed by atoms with Gasteiger partial charge in [-0.1, -0.05) is 84.4 Å². The van der Waals surface area contributed by atoms with Gasteiger partial charge in [-0.2, -0.15) is 0 Å². The average Bonchev–Trinajstić information content (AvgIpc) is 3.35. The Kier molecular flexibility index (Phi) is 8.31. The van der Waals surface area contributed by atoms with Crippen LogP contribution in [0.1, 0.15) is 36.5 Å². The van der Waals surface area contributed by atoms with Gasteiger partial charge in [-0.3, -0.25) is 9.69 Å². The van der Waals surface area contributed by atoms with Gasteiger partial charge in [0.1, 0.15) is 5.70 Å². The highest BCUT2D eigenvalue weighted by Gasteiger charge is 2.31. The monoisotopic (exact) mass is 501 g/mol. The molecule has 3 aromatic rings. The molecule has 0 radical (unpaired) electrons. The van der Waals surface area contributed by atoms with Crippen molar-refractivity contribution < 1.29 is 14.7 Å². The Balaban J connectivity index is 1.64. The van der Waals surface area contributed by atoms with Crippen LogP contribution in [0.25, 0.3) is 0 Å². The Morgan fingerprint density at radius 2 is 1.75 bits per heavy atom. The fourth-order valence-electron chi connectivity index (χ4n) is 4.40. The van der Waals surface area contributed by atoms with E-state index in [9.17, 15) is 14.7 Å². The SMILES string of the molecule is C/C=C(/N=C(c1ccccc1)c1ccccc1NC(=O)[C@@H]1CCCN1Cc1ccccc1Cl)C(=O)O. The van der Waals surface area contributed by atoms with Gasteiger partial charge in [-0.05, 0) is 44.0 Å². The minimum atomic E-state index is -1.12. The van der Waals surface area contributed by atoms with E-state index in [1.807, 2.05) is 78.9 Å². The highest BCUT2D eigenvalue weighted by molar-refractivity contribution is 6.31. The van der Waals surface area contributed by atoms with Crippen LogP contribution < -0.4 is 5.32 Å². The predicted molar refractivity (Wildman–Crippen MR) is 143 cm³/mol. The number of hydrogen-bond acceptors (Lipinski definition) is 4. The standard InChI is InChI=1S/C29H28ClN3O3/c1-2-24(29(35)36)31-27(20-11-4-3-5-12-20)22-14-7-9-16-25(22)32-28(34)26-17-10-18-33(26)19-21-13-6-8-15-23(21)30/h2-9,11-16,26H,10,17-19H2,1H3,(H,32,34)(H,35,36)/b24-2+,31-27?/t26-/m0/s1. The summed E-state index contributed by atoms with van der Waals surface area (Å²) in [5, 5.41) is 13.4. The normalized spacial score (nSPS) is 16.7. The molecule has 0 saturated carbocycles. The number of likely N-dealkylation sites (tertiary alicyclic amines) is 1. The van der Waals surface area contributed by atoms with Gasteiger partial charge in [0.05, 0.1) is 17.4 Å². The van der Waals surface area contributed by atoms with E-state index in [2.05, 4.69) is 15.2 Å². The first-order valence-electron chi connectivity index (χ1n) is 11.9. The van der Waals surface area contributed by atoms with E-state index in [1.54, 1.807) is 6.92 Å². The number of halogens is 1. The van der Waals surface area contributed by atoms with Gasteiger partial charge in [-0.15, -0.1) is 0 Å². The average molecular weight is 502 g/mol. The minimum absolute atomic E-state index is 0.0725. The highest BCUT2D eigenvalue weighted by Crippen LogP contribution is 2.27. The number of aliphatic imine (C=N–C) groups is 1. The number of aliphatic carboxylic acids is 1. The van der Waals surface area contributed by atoms with Gasteiger partial charge in [-0.25, -0.2) is 9.79 Å². The van der Waals surface area contributed by atoms with E-state index in [0.717, 1.165) is 30.5 Å². The molecule has 0 aliphatic carbocycles. The van der Waals surface area contributed by atoms with E-state index in [-0.39, 0.29) is 17.6 Å². The maximum atomic E-state index is 13.5. The maximum Gasteiger partial charge on any atom is 0.354 e. The second kappa shape index (κ2) is 11.8. The van der Waals surface area contributed by atoms with Gasteiger partial charge in [0, 0.05) is 22.7 Å². The van der Waals surface area contributed by atoms with Crippen molar-refractivity contribution >= 4 is 34.9 Å². The lowest BCUT2D eigenvalue weighted by Crippen LogP contribution is -2.39. The number of nitrogens with one attached hydrogen (secondary N) is 1. The molecular formula is C29H28ClN3O3. The molecule has 7 heteroatoms. The van der Waals surface area contributed by atoms with Crippen LogP contribution in [-0.2, 0) is 16.1 Å². The number of para-hydroxylation sites is 1. The summed E-state index contributed by atoms with van der Waals surface area (Å²) in [6.45, 7) is 3.04. The second-order valence-corrected chi connectivity index (χ2v) is 8.97. The molecular weight excluding hydrogens is 474 g/mol. The first kappa shape index (κ1) is 25.4. The Hall–Kier alpha value is -3.74. The summed E-state index contributed by atoms with van der Waals surface area (Å²) in [5.41, 5.74) is 3.37. The lowest BCUT2D eigenvalue weighted by molar-refractivity contribution is -0.132. The molecule has 1 amide bonds. The van der Waals surface area contributed by atoms with Gasteiger partial charge in [0.15, 0.2) is 0 Å². The van der Waals surface area contributed by atoms with Gasteiger partial charge in [0.25, 0.3) is 0 Å². The number of carboxylic acid groups (broad SMARTS) is 1. The first-order chi connectivity index (χ1) is 17.5. The molecule has 1 aliphatic heterocycles. The van der Waals surface area contributed by atoms with Gasteiger partial charge >= 0.3 is 5.97 Å². The number of carbonyl (C=O) groups excluding carboxylic acids is 1. The largest absolute Gasteiger partial charge is 0.477 e. The highest BCUT2D eigenvalue weighted by atomic mass is 35.5. The molecule has 0 aromatic heterocycles. The van der Waals surface area contributed by atoms with E-state index in [1.165, 1.54) is 6.08 Å². The smallest absolute Gasteiger partial charge is 0.354 e. The zero-order chi connectivity index (χ0) is 25.5. The lowest BCUT2D eigenvalue weighted by atomic mass is 10.00. The second-order valence-electron chi connectivity index (χ2n) is 8.56. The molecule has 2 N–H and O–H groups in total. The van der Waals surface area contributed by atoms with Crippen molar-refractivity contribution in [3.63, 3.8) is 0 Å². The van der Waals surface area contributed by atoms with Crippen LogP contribution in [0, 0.1) is 0 Å². The van der Waals surface area contributed by atoms with E-state index >= 15 is 0 Å². The van der Waals surface area contributed by atoms with Crippen LogP contribution >= 0.6 is 11.6 Å². The minimum Gasteiger partial charge on any atom is -0.477 e. The summed E-state index contributed by atoms with van der Waals surface area (Å²) >= 11 is 6.36.